The zero-order valence-corrected chi connectivity index (χ0v) is 17.5. The molecule has 1 aliphatic heterocycles. The van der Waals surface area contributed by atoms with E-state index in [4.69, 9.17) is 4.98 Å². The Kier molecular flexibility index (Phi) is 5.63. The van der Waals surface area contributed by atoms with E-state index in [0.29, 0.717) is 22.5 Å². The standard InChI is InChI=1S/C19H22N6OS2/c1-12(2)15-10-27-18(22-15)14-4-3-7-25(9-14)16-6-5-13(8-20-16)17(26)23-19-24-21-11-28-19/h5-6,8,10-12,14H,3-4,7,9H2,1-2H3,(H,23,24,26). The molecule has 146 valence electrons. The Bertz CT molecular complexity index is 922. The number of nitrogens with zero attached hydrogens (tertiary/aromatic N) is 5. The molecule has 1 N–H and O–H groups in total. The number of rotatable bonds is 5. The summed E-state index contributed by atoms with van der Waals surface area (Å²) >= 11 is 3.05. The summed E-state index contributed by atoms with van der Waals surface area (Å²) in [5.41, 5.74) is 3.27. The first-order valence-electron chi connectivity index (χ1n) is 9.34. The molecule has 4 rings (SSSR count). The molecule has 3 aromatic rings. The first kappa shape index (κ1) is 18.9. The van der Waals surface area contributed by atoms with Gasteiger partial charge in [-0.15, -0.1) is 21.5 Å². The summed E-state index contributed by atoms with van der Waals surface area (Å²) in [5.74, 6) is 1.58. The number of carbonyl (C=O) groups excluding carboxylic acids is 1. The van der Waals surface area contributed by atoms with Crippen LogP contribution in [0.4, 0.5) is 10.9 Å². The van der Waals surface area contributed by atoms with Crippen LogP contribution in [0.5, 0.6) is 0 Å². The molecule has 7 nitrogen and oxygen atoms in total. The van der Waals surface area contributed by atoms with E-state index in [-0.39, 0.29) is 5.91 Å². The minimum atomic E-state index is -0.226. The fraction of sp³-hybridized carbons (Fsp3) is 0.421. The predicted octanol–water partition coefficient (Wildman–Crippen LogP) is 4.15. The fourth-order valence-corrected chi connectivity index (χ4v) is 4.79. The van der Waals surface area contributed by atoms with Crippen LogP contribution in [-0.4, -0.2) is 39.2 Å². The molecule has 1 fully saturated rings. The van der Waals surface area contributed by atoms with Gasteiger partial charge in [0.2, 0.25) is 5.13 Å². The summed E-state index contributed by atoms with van der Waals surface area (Å²) in [7, 11) is 0. The van der Waals surface area contributed by atoms with Gasteiger partial charge < -0.3 is 4.90 Å². The molecule has 0 saturated carbocycles. The van der Waals surface area contributed by atoms with E-state index in [9.17, 15) is 4.79 Å². The van der Waals surface area contributed by atoms with Crippen molar-refractivity contribution in [3.05, 3.63) is 45.5 Å². The number of aromatic nitrogens is 4. The van der Waals surface area contributed by atoms with Crippen molar-refractivity contribution in [1.82, 2.24) is 20.2 Å². The largest absolute Gasteiger partial charge is 0.356 e. The Morgan fingerprint density at radius 2 is 2.21 bits per heavy atom. The van der Waals surface area contributed by atoms with Crippen molar-refractivity contribution in [2.45, 2.75) is 38.5 Å². The Morgan fingerprint density at radius 1 is 1.32 bits per heavy atom. The van der Waals surface area contributed by atoms with Crippen LogP contribution >= 0.6 is 22.7 Å². The number of thiazole rings is 1. The molecule has 3 aromatic heterocycles. The van der Waals surface area contributed by atoms with E-state index < -0.39 is 0 Å². The Labute approximate surface area is 171 Å². The van der Waals surface area contributed by atoms with Gasteiger partial charge in [0.25, 0.3) is 5.91 Å². The van der Waals surface area contributed by atoms with Crippen molar-refractivity contribution in [3.8, 4) is 0 Å². The number of anilines is 2. The second kappa shape index (κ2) is 8.32. The Balaban J connectivity index is 1.42. The van der Waals surface area contributed by atoms with Crippen molar-refractivity contribution < 1.29 is 4.79 Å². The summed E-state index contributed by atoms with van der Waals surface area (Å²) in [5, 5.41) is 14.2. The van der Waals surface area contributed by atoms with Gasteiger partial charge in [-0.2, -0.15) is 0 Å². The van der Waals surface area contributed by atoms with Gasteiger partial charge in [0, 0.05) is 30.6 Å². The molecule has 0 aromatic carbocycles. The molecule has 4 heterocycles. The van der Waals surface area contributed by atoms with E-state index >= 15 is 0 Å². The smallest absolute Gasteiger partial charge is 0.259 e. The summed E-state index contributed by atoms with van der Waals surface area (Å²) in [6, 6.07) is 3.72. The quantitative estimate of drug-likeness (QED) is 0.675. The number of pyridine rings is 1. The van der Waals surface area contributed by atoms with Gasteiger partial charge in [0.05, 0.1) is 16.3 Å². The van der Waals surface area contributed by atoms with Gasteiger partial charge in [-0.1, -0.05) is 25.2 Å². The first-order valence-corrected chi connectivity index (χ1v) is 11.1. The molecule has 0 radical (unpaired) electrons. The fourth-order valence-electron chi connectivity index (χ4n) is 3.24. The van der Waals surface area contributed by atoms with E-state index in [1.165, 1.54) is 22.0 Å². The van der Waals surface area contributed by atoms with Crippen molar-refractivity contribution in [2.24, 2.45) is 0 Å². The van der Waals surface area contributed by atoms with Gasteiger partial charge in [-0.05, 0) is 30.9 Å². The lowest BCUT2D eigenvalue weighted by Crippen LogP contribution is -2.35. The number of carbonyl (C=O) groups is 1. The molecule has 9 heteroatoms. The lowest BCUT2D eigenvalue weighted by atomic mass is 9.98. The highest BCUT2D eigenvalue weighted by atomic mass is 32.1. The van der Waals surface area contributed by atoms with Crippen molar-refractivity contribution in [3.63, 3.8) is 0 Å². The van der Waals surface area contributed by atoms with Crippen molar-refractivity contribution in [2.75, 3.05) is 23.3 Å². The van der Waals surface area contributed by atoms with E-state index in [1.807, 2.05) is 12.1 Å². The molecule has 1 amide bonds. The van der Waals surface area contributed by atoms with Crippen LogP contribution in [0.25, 0.3) is 0 Å². The molecule has 1 atom stereocenters. The second-order valence-corrected chi connectivity index (χ2v) is 8.88. The van der Waals surface area contributed by atoms with Crippen LogP contribution < -0.4 is 10.2 Å². The topological polar surface area (TPSA) is 83.9 Å². The molecule has 28 heavy (non-hydrogen) atoms. The van der Waals surface area contributed by atoms with Crippen LogP contribution in [0.2, 0.25) is 0 Å². The van der Waals surface area contributed by atoms with Crippen molar-refractivity contribution in [1.29, 1.82) is 0 Å². The van der Waals surface area contributed by atoms with Crippen LogP contribution in [0, 0.1) is 0 Å². The zero-order chi connectivity index (χ0) is 19.5. The lowest BCUT2D eigenvalue weighted by Gasteiger charge is -2.32. The normalized spacial score (nSPS) is 17.1. The summed E-state index contributed by atoms with van der Waals surface area (Å²) in [6.45, 7) is 6.24. The van der Waals surface area contributed by atoms with Gasteiger partial charge in [0.15, 0.2) is 0 Å². The lowest BCUT2D eigenvalue weighted by molar-refractivity contribution is 0.102. The third-order valence-electron chi connectivity index (χ3n) is 4.82. The Morgan fingerprint density at radius 3 is 2.89 bits per heavy atom. The number of piperidine rings is 1. The van der Waals surface area contributed by atoms with Crippen molar-refractivity contribution >= 4 is 39.5 Å². The minimum absolute atomic E-state index is 0.226. The monoisotopic (exact) mass is 414 g/mol. The molecule has 1 saturated heterocycles. The van der Waals surface area contributed by atoms with Crippen LogP contribution in [-0.2, 0) is 0 Å². The molecule has 0 spiro atoms. The average Bonchev–Trinajstić information content (AvgIpc) is 3.40. The number of amides is 1. The third kappa shape index (κ3) is 4.20. The maximum Gasteiger partial charge on any atom is 0.259 e. The zero-order valence-electron chi connectivity index (χ0n) is 15.8. The highest BCUT2D eigenvalue weighted by Crippen LogP contribution is 2.32. The van der Waals surface area contributed by atoms with Gasteiger partial charge in [-0.25, -0.2) is 9.97 Å². The van der Waals surface area contributed by atoms with Gasteiger partial charge in [0.1, 0.15) is 11.3 Å². The van der Waals surface area contributed by atoms with Crippen LogP contribution in [0.3, 0.4) is 0 Å². The molecule has 0 bridgehead atoms. The highest BCUT2D eigenvalue weighted by molar-refractivity contribution is 7.13. The molecular formula is C19H22N6OS2. The minimum Gasteiger partial charge on any atom is -0.356 e. The third-order valence-corrected chi connectivity index (χ3v) is 6.45. The van der Waals surface area contributed by atoms with Gasteiger partial charge >= 0.3 is 0 Å². The highest BCUT2D eigenvalue weighted by Gasteiger charge is 2.25. The Hall–Kier alpha value is -2.39. The summed E-state index contributed by atoms with van der Waals surface area (Å²) in [4.78, 5) is 23.9. The SMILES string of the molecule is CC(C)c1csc(C2CCCN(c3ccc(C(=O)Nc4nncs4)cn3)C2)n1. The van der Waals surface area contributed by atoms with Crippen LogP contribution in [0.15, 0.2) is 29.2 Å². The average molecular weight is 415 g/mol. The molecular weight excluding hydrogens is 392 g/mol. The second-order valence-electron chi connectivity index (χ2n) is 7.15. The molecule has 0 aliphatic carbocycles. The number of nitrogens with one attached hydrogen (secondary N) is 1. The molecule has 1 aliphatic rings. The van der Waals surface area contributed by atoms with Gasteiger partial charge in [-0.3, -0.25) is 10.1 Å². The summed E-state index contributed by atoms with van der Waals surface area (Å²) < 4.78 is 0. The number of hydrogen-bond donors (Lipinski definition) is 1. The van der Waals surface area contributed by atoms with E-state index in [2.05, 4.69) is 44.6 Å². The predicted molar refractivity (Wildman–Crippen MR) is 112 cm³/mol. The van der Waals surface area contributed by atoms with E-state index in [0.717, 1.165) is 31.7 Å². The number of hydrogen-bond acceptors (Lipinski definition) is 8. The maximum atomic E-state index is 12.3. The molecule has 1 unspecified atom stereocenters. The maximum absolute atomic E-state index is 12.3. The van der Waals surface area contributed by atoms with Crippen LogP contribution in [0.1, 0.15) is 59.6 Å². The first-order chi connectivity index (χ1) is 13.6. The summed E-state index contributed by atoms with van der Waals surface area (Å²) in [6.07, 6.45) is 3.89. The van der Waals surface area contributed by atoms with E-state index in [1.54, 1.807) is 23.0 Å².